The predicted molar refractivity (Wildman–Crippen MR) is 130 cm³/mol. The number of aromatic amines is 1. The molecule has 1 fully saturated rings. The number of benzene rings is 1. The minimum atomic E-state index is -4.60. The van der Waals surface area contributed by atoms with Crippen LogP contribution in [-0.4, -0.2) is 41.3 Å². The van der Waals surface area contributed by atoms with Crippen LogP contribution in [0.15, 0.2) is 36.8 Å². The Kier molecular flexibility index (Phi) is 6.36. The van der Waals surface area contributed by atoms with Crippen LogP contribution < -0.4 is 5.32 Å². The molecule has 1 aliphatic rings. The van der Waals surface area contributed by atoms with Crippen molar-refractivity contribution in [3.63, 3.8) is 0 Å². The molecule has 1 aromatic carbocycles. The number of halogens is 3. The fourth-order valence-electron chi connectivity index (χ4n) is 4.74. The number of aliphatic carboxylic acids is 1. The highest BCUT2D eigenvalue weighted by molar-refractivity contribution is 7.15. The first-order valence-corrected chi connectivity index (χ1v) is 12.4. The Balaban J connectivity index is 1.43. The van der Waals surface area contributed by atoms with Gasteiger partial charge in [-0.15, -0.1) is 11.3 Å². The molecule has 9 nitrogen and oxygen atoms in total. The number of thiazole rings is 1. The molecular weight excluding hydrogens is 509 g/mol. The molecule has 4 aromatic rings. The van der Waals surface area contributed by atoms with Crippen LogP contribution in [-0.2, 0) is 16.6 Å². The maximum absolute atomic E-state index is 13.1. The Morgan fingerprint density at radius 3 is 2.62 bits per heavy atom. The third-order valence-corrected chi connectivity index (χ3v) is 8.08. The zero-order chi connectivity index (χ0) is 26.4. The summed E-state index contributed by atoms with van der Waals surface area (Å²) in [5, 5.41) is 31.7. The van der Waals surface area contributed by atoms with Crippen molar-refractivity contribution in [2.75, 3.05) is 5.32 Å². The van der Waals surface area contributed by atoms with Gasteiger partial charge in [0.1, 0.15) is 16.3 Å². The Bertz CT molecular complexity index is 1440. The Labute approximate surface area is 212 Å². The highest BCUT2D eigenvalue weighted by Gasteiger charge is 2.40. The number of fused-ring (bicyclic) bond motifs is 1. The molecular formula is C24H23F3N6O3S. The number of rotatable bonds is 6. The summed E-state index contributed by atoms with van der Waals surface area (Å²) in [4.78, 5) is 24.0. The van der Waals surface area contributed by atoms with Gasteiger partial charge >= 0.3 is 12.1 Å². The molecule has 1 saturated carbocycles. The van der Waals surface area contributed by atoms with Gasteiger partial charge in [0.2, 0.25) is 5.95 Å². The van der Waals surface area contributed by atoms with Gasteiger partial charge in [-0.1, -0.05) is 0 Å². The second-order valence-corrected chi connectivity index (χ2v) is 10.3. The lowest BCUT2D eigenvalue weighted by atomic mass is 9.74. The zero-order valence-corrected chi connectivity index (χ0v) is 20.4. The van der Waals surface area contributed by atoms with Gasteiger partial charge in [0.05, 0.1) is 22.5 Å². The number of carbonyl (C=O) groups is 1. The van der Waals surface area contributed by atoms with Crippen molar-refractivity contribution in [1.29, 1.82) is 0 Å². The first kappa shape index (κ1) is 25.1. The lowest BCUT2D eigenvalue weighted by Crippen LogP contribution is -2.35. The molecule has 0 saturated heterocycles. The summed E-state index contributed by atoms with van der Waals surface area (Å²) >= 11 is 1.30. The number of nitrogens with one attached hydrogen (secondary N) is 2. The minimum Gasteiger partial charge on any atom is -0.481 e. The van der Waals surface area contributed by atoms with Crippen LogP contribution in [0.2, 0.25) is 0 Å². The standard InChI is InChI=1S/C24H23F3N6O3S/c1-23(36,14-4-2-12(3-5-14)20(34)35)21-29-11-17(37-21)16-9-15(8-13-10-30-33-19(13)16)31-22-28-7-6-18(32-22)24(25,26)27/h6-12,14,36H,2-5H2,1H3,(H,30,33)(H,34,35)(H,28,31,32)/t12-,14-,23-/m0/s1. The van der Waals surface area contributed by atoms with Gasteiger partial charge in [-0.2, -0.15) is 18.3 Å². The lowest BCUT2D eigenvalue weighted by Gasteiger charge is -2.35. The molecule has 5 rings (SSSR count). The fourth-order valence-corrected chi connectivity index (χ4v) is 5.80. The highest BCUT2D eigenvalue weighted by atomic mass is 32.1. The van der Waals surface area contributed by atoms with E-state index in [0.29, 0.717) is 52.8 Å². The van der Waals surface area contributed by atoms with E-state index in [4.69, 9.17) is 0 Å². The molecule has 0 amide bonds. The average molecular weight is 533 g/mol. The van der Waals surface area contributed by atoms with Gasteiger partial charge in [0.15, 0.2) is 0 Å². The average Bonchev–Trinajstić information content (AvgIpc) is 3.54. The smallest absolute Gasteiger partial charge is 0.433 e. The van der Waals surface area contributed by atoms with Crippen molar-refractivity contribution in [3.8, 4) is 10.4 Å². The zero-order valence-electron chi connectivity index (χ0n) is 19.6. The number of anilines is 2. The second kappa shape index (κ2) is 9.38. The van der Waals surface area contributed by atoms with Gasteiger partial charge in [0.25, 0.3) is 0 Å². The SMILES string of the molecule is C[C@@](O)(c1ncc(-c2cc(Nc3nccc(C(F)(F)F)n3)cc3cn[nH]c23)s1)[C@H]1CC[C@H](C(=O)O)CC1. The van der Waals surface area contributed by atoms with Crippen molar-refractivity contribution in [2.24, 2.45) is 11.8 Å². The largest absolute Gasteiger partial charge is 0.481 e. The molecule has 0 unspecified atom stereocenters. The topological polar surface area (TPSA) is 137 Å². The van der Waals surface area contributed by atoms with E-state index in [-0.39, 0.29) is 17.8 Å². The predicted octanol–water partition coefficient (Wildman–Crippen LogP) is 5.34. The van der Waals surface area contributed by atoms with E-state index in [1.165, 1.54) is 11.3 Å². The quantitative estimate of drug-likeness (QED) is 0.261. The molecule has 37 heavy (non-hydrogen) atoms. The number of hydrogen-bond acceptors (Lipinski definition) is 8. The van der Waals surface area contributed by atoms with Crippen molar-refractivity contribution in [1.82, 2.24) is 25.1 Å². The summed E-state index contributed by atoms with van der Waals surface area (Å²) in [5.74, 6) is -1.51. The van der Waals surface area contributed by atoms with Crippen molar-refractivity contribution < 1.29 is 28.2 Å². The Morgan fingerprint density at radius 2 is 1.92 bits per heavy atom. The van der Waals surface area contributed by atoms with Crippen LogP contribution in [0.5, 0.6) is 0 Å². The number of nitrogens with zero attached hydrogens (tertiary/aromatic N) is 4. The number of alkyl halides is 3. The summed E-state index contributed by atoms with van der Waals surface area (Å²) < 4.78 is 39.2. The van der Waals surface area contributed by atoms with Crippen molar-refractivity contribution in [3.05, 3.63) is 47.5 Å². The van der Waals surface area contributed by atoms with E-state index < -0.39 is 23.4 Å². The Morgan fingerprint density at radius 1 is 1.16 bits per heavy atom. The number of aromatic nitrogens is 5. The van der Waals surface area contributed by atoms with E-state index in [1.807, 2.05) is 0 Å². The minimum absolute atomic E-state index is 0.125. The van der Waals surface area contributed by atoms with E-state index in [9.17, 15) is 28.2 Å². The maximum Gasteiger partial charge on any atom is 0.433 e. The number of carboxylic acid groups (broad SMARTS) is 1. The van der Waals surface area contributed by atoms with E-state index in [1.54, 1.807) is 31.5 Å². The third kappa shape index (κ3) is 5.01. The molecule has 0 spiro atoms. The summed E-state index contributed by atoms with van der Waals surface area (Å²) in [6.07, 6.45) is 1.86. The van der Waals surface area contributed by atoms with Crippen LogP contribution in [0.25, 0.3) is 21.3 Å². The molecule has 0 bridgehead atoms. The molecule has 3 aromatic heterocycles. The second-order valence-electron chi connectivity index (χ2n) is 9.31. The third-order valence-electron chi connectivity index (χ3n) is 6.83. The van der Waals surface area contributed by atoms with Crippen molar-refractivity contribution >= 4 is 39.8 Å². The summed E-state index contributed by atoms with van der Waals surface area (Å²) in [7, 11) is 0. The van der Waals surface area contributed by atoms with Crippen LogP contribution in [0.3, 0.4) is 0 Å². The monoisotopic (exact) mass is 532 g/mol. The summed E-state index contributed by atoms with van der Waals surface area (Å²) in [6, 6.07) is 4.24. The van der Waals surface area contributed by atoms with Crippen molar-refractivity contribution in [2.45, 2.75) is 44.4 Å². The Hall–Kier alpha value is -3.58. The van der Waals surface area contributed by atoms with Crippen LogP contribution in [0.4, 0.5) is 24.8 Å². The maximum atomic E-state index is 13.1. The van der Waals surface area contributed by atoms with Crippen LogP contribution in [0.1, 0.15) is 43.3 Å². The fraction of sp³-hybridized carbons (Fsp3) is 0.375. The molecule has 1 atom stereocenters. The number of aliphatic hydroxyl groups is 1. The van der Waals surface area contributed by atoms with E-state index in [2.05, 4.69) is 30.5 Å². The molecule has 1 aliphatic carbocycles. The molecule has 0 radical (unpaired) electrons. The van der Waals surface area contributed by atoms with E-state index >= 15 is 0 Å². The first-order valence-electron chi connectivity index (χ1n) is 11.6. The van der Waals surface area contributed by atoms with Gasteiger partial charge in [0, 0.05) is 29.0 Å². The van der Waals surface area contributed by atoms with Gasteiger partial charge in [-0.25, -0.2) is 15.0 Å². The van der Waals surface area contributed by atoms with Crippen LogP contribution >= 0.6 is 11.3 Å². The lowest BCUT2D eigenvalue weighted by molar-refractivity contribution is -0.144. The molecule has 4 N–H and O–H groups in total. The molecule has 3 heterocycles. The molecule has 194 valence electrons. The number of carboxylic acids is 1. The summed E-state index contributed by atoms with van der Waals surface area (Å²) in [5.41, 5.74) is -0.439. The highest BCUT2D eigenvalue weighted by Crippen LogP contribution is 2.44. The van der Waals surface area contributed by atoms with Gasteiger partial charge in [-0.3, -0.25) is 9.89 Å². The van der Waals surface area contributed by atoms with Gasteiger partial charge < -0.3 is 15.5 Å². The normalized spacial score (nSPS) is 20.0. The molecule has 0 aliphatic heterocycles. The van der Waals surface area contributed by atoms with Gasteiger partial charge in [-0.05, 0) is 56.7 Å². The van der Waals surface area contributed by atoms with Crippen LogP contribution in [0, 0.1) is 11.8 Å². The number of hydrogen-bond donors (Lipinski definition) is 4. The number of H-pyrrole nitrogens is 1. The van der Waals surface area contributed by atoms with E-state index in [0.717, 1.165) is 17.1 Å². The summed E-state index contributed by atoms with van der Waals surface area (Å²) in [6.45, 7) is 1.70. The first-order chi connectivity index (χ1) is 17.5. The molecule has 13 heteroatoms.